The van der Waals surface area contributed by atoms with E-state index >= 15 is 0 Å². The fourth-order valence-corrected chi connectivity index (χ4v) is 3.63. The number of likely N-dealkylation sites (N-methyl/N-ethyl adjacent to an activating group) is 1. The molecule has 1 amide bonds. The Kier molecular flexibility index (Phi) is 4.80. The average Bonchev–Trinajstić information content (AvgIpc) is 2.93. The molecular weight excluding hydrogens is 330 g/mol. The Labute approximate surface area is 152 Å². The lowest BCUT2D eigenvalue weighted by atomic mass is 9.86. The first-order chi connectivity index (χ1) is 11.7. The highest BCUT2D eigenvalue weighted by molar-refractivity contribution is 7.20. The number of amides is 1. The van der Waals surface area contributed by atoms with Crippen molar-refractivity contribution in [3.05, 3.63) is 40.8 Å². The van der Waals surface area contributed by atoms with Gasteiger partial charge in [-0.1, -0.05) is 26.8 Å². The monoisotopic (exact) mass is 355 g/mol. The van der Waals surface area contributed by atoms with Crippen LogP contribution in [0.3, 0.4) is 0 Å². The Morgan fingerprint density at radius 2 is 1.92 bits per heavy atom. The number of hydrogen-bond acceptors (Lipinski definition) is 4. The van der Waals surface area contributed by atoms with Gasteiger partial charge in [-0.2, -0.15) is 0 Å². The van der Waals surface area contributed by atoms with Gasteiger partial charge in [0.25, 0.3) is 5.91 Å². The summed E-state index contributed by atoms with van der Waals surface area (Å²) < 4.78 is 0. The van der Waals surface area contributed by atoms with Crippen molar-refractivity contribution in [3.8, 4) is 0 Å². The highest BCUT2D eigenvalue weighted by Gasteiger charge is 2.15. The molecule has 0 aliphatic rings. The fraction of sp³-hybridized carbons (Fsp3) is 0.400. The van der Waals surface area contributed by atoms with Crippen molar-refractivity contribution in [2.45, 2.75) is 26.2 Å². The molecule has 132 valence electrons. The predicted octanol–water partition coefficient (Wildman–Crippen LogP) is 4.04. The van der Waals surface area contributed by atoms with Gasteiger partial charge in [-0.15, -0.1) is 11.3 Å². The Balaban J connectivity index is 1.91. The van der Waals surface area contributed by atoms with E-state index in [9.17, 15) is 4.79 Å². The zero-order chi connectivity index (χ0) is 18.2. The number of rotatable bonds is 4. The molecule has 3 aromatic rings. The van der Waals surface area contributed by atoms with Gasteiger partial charge in [0.2, 0.25) is 0 Å². The third-order valence-corrected chi connectivity index (χ3v) is 5.28. The van der Waals surface area contributed by atoms with Crippen LogP contribution in [0.1, 0.15) is 36.0 Å². The Morgan fingerprint density at radius 1 is 1.16 bits per heavy atom. The van der Waals surface area contributed by atoms with Gasteiger partial charge < -0.3 is 10.2 Å². The largest absolute Gasteiger partial charge is 0.350 e. The normalized spacial score (nSPS) is 12.2. The molecule has 0 aliphatic carbocycles. The number of carbonyl (C=O) groups is 1. The van der Waals surface area contributed by atoms with Crippen LogP contribution < -0.4 is 5.32 Å². The summed E-state index contributed by atoms with van der Waals surface area (Å²) in [7, 11) is 3.99. The molecule has 0 saturated heterocycles. The Bertz CT molecular complexity index is 922. The van der Waals surface area contributed by atoms with Gasteiger partial charge in [-0.05, 0) is 49.3 Å². The van der Waals surface area contributed by atoms with Crippen LogP contribution in [-0.4, -0.2) is 43.0 Å². The van der Waals surface area contributed by atoms with Gasteiger partial charge in [-0.25, -0.2) is 4.98 Å². The molecule has 0 saturated carbocycles. The maximum atomic E-state index is 12.3. The molecule has 3 rings (SSSR count). The topological polar surface area (TPSA) is 45.2 Å². The molecule has 0 aliphatic heterocycles. The molecule has 25 heavy (non-hydrogen) atoms. The summed E-state index contributed by atoms with van der Waals surface area (Å²) in [5.41, 5.74) is 2.37. The van der Waals surface area contributed by atoms with Crippen LogP contribution in [0.2, 0.25) is 0 Å². The molecule has 0 fully saturated rings. The van der Waals surface area contributed by atoms with Crippen molar-refractivity contribution in [2.24, 2.45) is 0 Å². The van der Waals surface area contributed by atoms with E-state index in [1.54, 1.807) is 0 Å². The van der Waals surface area contributed by atoms with Crippen LogP contribution in [0.5, 0.6) is 0 Å². The minimum Gasteiger partial charge on any atom is -0.350 e. The number of pyridine rings is 1. The first-order valence-corrected chi connectivity index (χ1v) is 9.33. The van der Waals surface area contributed by atoms with E-state index in [4.69, 9.17) is 4.98 Å². The molecule has 1 N–H and O–H groups in total. The van der Waals surface area contributed by atoms with E-state index < -0.39 is 0 Å². The van der Waals surface area contributed by atoms with E-state index in [1.807, 2.05) is 25.1 Å². The SMILES string of the molecule is CN(C)CCNC(=O)c1cc2cc3cc(C(C)(C)C)ccc3nc2s1. The molecule has 2 heterocycles. The van der Waals surface area contributed by atoms with Crippen molar-refractivity contribution < 1.29 is 4.79 Å². The second kappa shape index (κ2) is 6.73. The molecule has 0 radical (unpaired) electrons. The molecule has 1 aromatic carbocycles. The van der Waals surface area contributed by atoms with Crippen molar-refractivity contribution >= 4 is 38.4 Å². The van der Waals surface area contributed by atoms with Crippen LogP contribution in [0.4, 0.5) is 0 Å². The number of carbonyl (C=O) groups excluding carboxylic acids is 1. The number of hydrogen-bond donors (Lipinski definition) is 1. The lowest BCUT2D eigenvalue weighted by molar-refractivity contribution is 0.0955. The highest BCUT2D eigenvalue weighted by atomic mass is 32.1. The summed E-state index contributed by atoms with van der Waals surface area (Å²) in [5, 5.41) is 5.12. The van der Waals surface area contributed by atoms with Crippen LogP contribution in [0.25, 0.3) is 21.1 Å². The zero-order valence-corrected chi connectivity index (χ0v) is 16.3. The van der Waals surface area contributed by atoms with Gasteiger partial charge >= 0.3 is 0 Å². The molecule has 0 bridgehead atoms. The zero-order valence-electron chi connectivity index (χ0n) is 15.5. The maximum Gasteiger partial charge on any atom is 0.261 e. The van der Waals surface area contributed by atoms with Gasteiger partial charge in [-0.3, -0.25) is 4.79 Å². The fourth-order valence-electron chi connectivity index (χ4n) is 2.69. The molecule has 0 unspecified atom stereocenters. The van der Waals surface area contributed by atoms with E-state index in [0.29, 0.717) is 11.4 Å². The summed E-state index contributed by atoms with van der Waals surface area (Å²) in [4.78, 5) is 20.7. The highest BCUT2D eigenvalue weighted by Crippen LogP contribution is 2.30. The summed E-state index contributed by atoms with van der Waals surface area (Å²) in [6, 6.07) is 10.5. The summed E-state index contributed by atoms with van der Waals surface area (Å²) in [6.07, 6.45) is 0. The van der Waals surface area contributed by atoms with E-state index in [-0.39, 0.29) is 11.3 Å². The van der Waals surface area contributed by atoms with Crippen LogP contribution in [0.15, 0.2) is 30.3 Å². The van der Waals surface area contributed by atoms with Crippen LogP contribution >= 0.6 is 11.3 Å². The molecule has 0 spiro atoms. The lowest BCUT2D eigenvalue weighted by Crippen LogP contribution is -2.30. The number of thiophene rings is 1. The van der Waals surface area contributed by atoms with Crippen molar-refractivity contribution in [1.82, 2.24) is 15.2 Å². The number of nitrogens with one attached hydrogen (secondary N) is 1. The molecular formula is C20H25N3OS. The van der Waals surface area contributed by atoms with Crippen molar-refractivity contribution in [3.63, 3.8) is 0 Å². The van der Waals surface area contributed by atoms with Crippen molar-refractivity contribution in [1.29, 1.82) is 0 Å². The Morgan fingerprint density at radius 3 is 2.60 bits per heavy atom. The van der Waals surface area contributed by atoms with Crippen LogP contribution in [-0.2, 0) is 5.41 Å². The van der Waals surface area contributed by atoms with E-state index in [0.717, 1.165) is 27.7 Å². The second-order valence-electron chi connectivity index (χ2n) is 7.71. The number of fused-ring (bicyclic) bond motifs is 2. The number of nitrogens with zero attached hydrogens (tertiary/aromatic N) is 2. The predicted molar refractivity (Wildman–Crippen MR) is 107 cm³/mol. The van der Waals surface area contributed by atoms with Gasteiger partial charge in [0, 0.05) is 23.9 Å². The number of aromatic nitrogens is 1. The molecule has 4 nitrogen and oxygen atoms in total. The van der Waals surface area contributed by atoms with Crippen LogP contribution in [0, 0.1) is 0 Å². The first-order valence-electron chi connectivity index (χ1n) is 8.52. The standard InChI is InChI=1S/C20H25N3OS/c1-20(2,3)15-6-7-16-13(11-15)10-14-12-17(25-19(14)22-16)18(24)21-8-9-23(4)5/h6-7,10-12H,8-9H2,1-5H3,(H,21,24). The molecule has 2 aromatic heterocycles. The van der Waals surface area contributed by atoms with Gasteiger partial charge in [0.15, 0.2) is 0 Å². The number of benzene rings is 1. The quantitative estimate of drug-likeness (QED) is 0.768. The van der Waals surface area contributed by atoms with Gasteiger partial charge in [0.05, 0.1) is 10.4 Å². The minimum absolute atomic E-state index is 0.0238. The lowest BCUT2D eigenvalue weighted by Gasteiger charge is -2.19. The van der Waals surface area contributed by atoms with Gasteiger partial charge in [0.1, 0.15) is 4.83 Å². The smallest absolute Gasteiger partial charge is 0.261 e. The first kappa shape index (κ1) is 17.8. The third kappa shape index (κ3) is 3.99. The maximum absolute atomic E-state index is 12.3. The molecule has 0 atom stereocenters. The second-order valence-corrected chi connectivity index (χ2v) is 8.74. The average molecular weight is 356 g/mol. The summed E-state index contributed by atoms with van der Waals surface area (Å²) in [6.45, 7) is 8.10. The molecule has 5 heteroatoms. The Hall–Kier alpha value is -1.98. The third-order valence-electron chi connectivity index (χ3n) is 4.24. The van der Waals surface area contributed by atoms with E-state index in [1.165, 1.54) is 16.9 Å². The summed E-state index contributed by atoms with van der Waals surface area (Å²) in [5.74, 6) is -0.0238. The van der Waals surface area contributed by atoms with Crippen molar-refractivity contribution in [2.75, 3.05) is 27.2 Å². The summed E-state index contributed by atoms with van der Waals surface area (Å²) >= 11 is 1.45. The van der Waals surface area contributed by atoms with E-state index in [2.05, 4.69) is 50.4 Å². The minimum atomic E-state index is -0.0238.